The van der Waals surface area contributed by atoms with Gasteiger partial charge in [0.05, 0.1) is 13.2 Å². The smallest absolute Gasteiger partial charge is 0.162 e. The minimum Gasteiger partial charge on any atom is -0.383 e. The Labute approximate surface area is 883 Å². The third-order valence-corrected chi connectivity index (χ3v) is 24.0. The van der Waals surface area contributed by atoms with Gasteiger partial charge in [0.1, 0.15) is 0 Å². The van der Waals surface area contributed by atoms with Crippen molar-refractivity contribution in [1.29, 1.82) is 0 Å². The van der Waals surface area contributed by atoms with Gasteiger partial charge in [0.25, 0.3) is 0 Å². The Morgan fingerprint density at radius 2 is 0.652 bits per heavy atom. The Bertz CT molecular complexity index is 3620. The second-order valence-corrected chi connectivity index (χ2v) is 50.3. The number of nitrogens with one attached hydrogen (secondary N) is 3. The summed E-state index contributed by atoms with van der Waals surface area (Å²) in [6.07, 6.45) is 7.98. The third kappa shape index (κ3) is 89.0. The number of nitrogens with zero attached hydrogens (tertiary/aromatic N) is 9. The molecule has 5 aromatic rings. The quantitative estimate of drug-likeness (QED) is 0.0260. The van der Waals surface area contributed by atoms with Gasteiger partial charge in [0, 0.05) is 165 Å². The van der Waals surface area contributed by atoms with Crippen LogP contribution < -0.4 is 16.0 Å². The summed E-state index contributed by atoms with van der Waals surface area (Å²) < 4.78 is 10.0. The van der Waals surface area contributed by atoms with E-state index < -0.39 is 0 Å². The number of hydrogen-bond acceptors (Lipinski definition) is 15. The lowest BCUT2D eigenvalue weighted by molar-refractivity contribution is 0.0845. The molecule has 0 fully saturated rings. The number of rotatable bonds is 37. The fourth-order valence-corrected chi connectivity index (χ4v) is 13.9. The fraction of sp³-hybridized carbons (Fsp3) is 0.754. The Morgan fingerprint density at radius 3 is 0.943 bits per heavy atom. The molecule has 0 bridgehead atoms. The molecular weight excluding hydrogens is 1730 g/mol. The maximum absolute atomic E-state index is 11.7. The lowest BCUT2D eigenvalue weighted by Crippen LogP contribution is -2.47. The van der Waals surface area contributed by atoms with Gasteiger partial charge < -0.3 is 35.2 Å². The topological polar surface area (TPSA) is 101 Å². The average molecular weight is 1980 g/mol. The molecule has 0 heterocycles. The second kappa shape index (κ2) is 78.4. The van der Waals surface area contributed by atoms with E-state index in [2.05, 4.69) is 523 Å². The zero-order valence-corrected chi connectivity index (χ0v) is 105. The van der Waals surface area contributed by atoms with Crippen LogP contribution in [0.15, 0.2) is 133 Å². The van der Waals surface area contributed by atoms with Gasteiger partial charge in [0.2, 0.25) is 0 Å². The molecule has 0 amide bonds. The molecular formula is C126H246N12O3. The summed E-state index contributed by atoms with van der Waals surface area (Å²) in [4.78, 5) is 33.5. The lowest BCUT2D eigenvalue weighted by atomic mass is 10.0. The minimum atomic E-state index is 0.122. The molecule has 141 heavy (non-hydrogen) atoms. The van der Waals surface area contributed by atoms with Gasteiger partial charge in [-0.2, -0.15) is 0 Å². The van der Waals surface area contributed by atoms with Crippen molar-refractivity contribution in [1.82, 2.24) is 60.0 Å². The molecule has 0 atom stereocenters. The maximum Gasteiger partial charge on any atom is 0.162 e. The van der Waals surface area contributed by atoms with Crippen molar-refractivity contribution >= 4 is 5.78 Å². The molecule has 0 unspecified atom stereocenters. The van der Waals surface area contributed by atoms with Crippen molar-refractivity contribution in [3.63, 3.8) is 0 Å². The molecule has 0 saturated heterocycles. The van der Waals surface area contributed by atoms with Gasteiger partial charge in [-0.1, -0.05) is 234 Å². The normalized spacial score (nSPS) is 12.2. The molecule has 0 aliphatic heterocycles. The highest BCUT2D eigenvalue weighted by atomic mass is 16.5. The van der Waals surface area contributed by atoms with Crippen LogP contribution in [0, 0.1) is 19.8 Å². The van der Waals surface area contributed by atoms with Gasteiger partial charge in [0.15, 0.2) is 5.78 Å². The van der Waals surface area contributed by atoms with Crippen LogP contribution in [0.3, 0.4) is 0 Å². The number of methoxy groups -OCH3 is 2. The third-order valence-electron chi connectivity index (χ3n) is 24.0. The molecule has 0 radical (unpaired) electrons. The van der Waals surface area contributed by atoms with Crippen LogP contribution in [0.4, 0.5) is 0 Å². The molecule has 0 aliphatic rings. The van der Waals surface area contributed by atoms with Gasteiger partial charge >= 0.3 is 0 Å². The van der Waals surface area contributed by atoms with Gasteiger partial charge in [-0.15, -0.1) is 0 Å². The van der Waals surface area contributed by atoms with E-state index in [9.17, 15) is 4.79 Å². The number of Topliss-reactive ketones (excluding diaryl/α,β-unsaturated/α-hetero) is 1. The Morgan fingerprint density at radius 1 is 0.319 bits per heavy atom. The van der Waals surface area contributed by atoms with Crippen molar-refractivity contribution in [3.8, 4) is 0 Å². The first-order valence-electron chi connectivity index (χ1n) is 55.1. The molecule has 5 rings (SSSR count). The van der Waals surface area contributed by atoms with Crippen LogP contribution in [0.1, 0.15) is 427 Å². The van der Waals surface area contributed by atoms with Crippen LogP contribution in [0.25, 0.3) is 0 Å². The zero-order valence-electron chi connectivity index (χ0n) is 105. The van der Waals surface area contributed by atoms with Crippen LogP contribution in [0.5, 0.6) is 0 Å². The highest BCUT2D eigenvalue weighted by Crippen LogP contribution is 2.24. The number of benzene rings is 5. The highest BCUT2D eigenvalue weighted by molar-refractivity contribution is 5.96. The highest BCUT2D eigenvalue weighted by Gasteiger charge is 2.28. The van der Waals surface area contributed by atoms with E-state index in [0.717, 1.165) is 110 Å². The average Bonchev–Trinajstić information content (AvgIpc) is 0.813. The number of aryl methyl sites for hydroxylation is 2. The molecule has 828 valence electrons. The van der Waals surface area contributed by atoms with Crippen LogP contribution in [-0.4, -0.2) is 251 Å². The van der Waals surface area contributed by atoms with Gasteiger partial charge in [-0.3, -0.25) is 39.1 Å². The van der Waals surface area contributed by atoms with Crippen LogP contribution in [-0.2, 0) is 42.2 Å². The summed E-state index contributed by atoms with van der Waals surface area (Å²) in [5.41, 5.74) is 13.1. The monoisotopic (exact) mass is 1980 g/mol. The van der Waals surface area contributed by atoms with Crippen molar-refractivity contribution < 1.29 is 14.3 Å². The number of unbranched alkanes of at least 4 members (excludes halogenated alkanes) is 2. The van der Waals surface area contributed by atoms with Crippen molar-refractivity contribution in [2.75, 3.05) is 128 Å². The summed E-state index contributed by atoms with van der Waals surface area (Å²) in [6, 6.07) is 47.9. The number of ketones is 1. The number of carbonyl (C=O) groups is 1. The van der Waals surface area contributed by atoms with Crippen LogP contribution in [0.2, 0.25) is 0 Å². The van der Waals surface area contributed by atoms with Crippen molar-refractivity contribution in [3.05, 3.63) is 178 Å². The molecule has 0 saturated carbocycles. The van der Waals surface area contributed by atoms with E-state index in [1.54, 1.807) is 14.2 Å². The molecule has 0 aliphatic carbocycles. The first-order chi connectivity index (χ1) is 64.4. The largest absolute Gasteiger partial charge is 0.383 e. The van der Waals surface area contributed by atoms with Crippen molar-refractivity contribution in [2.45, 2.75) is 497 Å². The summed E-state index contributed by atoms with van der Waals surface area (Å²) in [7, 11) is 12.1. The molecule has 0 aromatic heterocycles. The van der Waals surface area contributed by atoms with E-state index in [4.69, 9.17) is 9.47 Å². The van der Waals surface area contributed by atoms with E-state index >= 15 is 0 Å². The Hall–Kier alpha value is -4.79. The van der Waals surface area contributed by atoms with E-state index in [1.165, 1.54) is 97.2 Å². The predicted molar refractivity (Wildman–Crippen MR) is 637 cm³/mol. The van der Waals surface area contributed by atoms with Crippen LogP contribution >= 0.6 is 0 Å². The van der Waals surface area contributed by atoms with E-state index in [1.807, 2.05) is 45.0 Å². The first-order valence-corrected chi connectivity index (χ1v) is 55.1. The summed E-state index contributed by atoms with van der Waals surface area (Å²) in [5, 5.41) is 10.3. The van der Waals surface area contributed by atoms with E-state index in [-0.39, 0.29) is 44.6 Å². The molecule has 5 aromatic carbocycles. The Kier molecular flexibility index (Phi) is 83.0. The lowest BCUT2D eigenvalue weighted by Gasteiger charge is -2.40. The number of likely N-dealkylation sites (N-methyl/N-ethyl adjacent to an activating group) is 3. The summed E-state index contributed by atoms with van der Waals surface area (Å²) >= 11 is 0. The standard InChI is InChI=1S/C15H23NO.C14H23N.2C13H21N.C12H28N2O.C12H19N.C11H25N.C10H23N.C8H19NO.2C8H19N.C2H6/c1-5-6-14(17)13-9-7-12(8-10-13)11-16-15(2,3)4;1-12(2)15(14(3,4)5)11-13-9-7-6-8-10-13;1-11-6-8-12(9-7-11)10-14(5)13(2,3)4;1-5-14(13(2,3)4)11-12-9-7-6-8-10-12;1-7-14(12(2,3)4)9-8-13(5)10-11-15-6;1-10-5-7-11(8-6-10)9-13-12(2,3)4;1-9(2)8-12(10(3)4)11(5,6)7;1-6-8-9-11(7-2)10(3,4)5;1-8(2,3)9(4)6-7-10-5;1-6-7-9(5)8(2,3)4;1-5-6-7-9-8(2,3)4;1-2/h7-10,16H,5-6,11H2,1-4H3;6-10,12H,11H2,1-5H3;6-9H,10H2,1-5H3;6-10H,5,11H2,1-4H3;7-11H2,1-6H3;5-8,13H,9H2,1-4H3;9-10H,8H2,1-7H3;6-9H2,1-5H3;6-7H2,1-5H3;6-7H2,1-5H3;9H,5-7H2,1-4H3;1-2H3. The van der Waals surface area contributed by atoms with Gasteiger partial charge in [-0.25, -0.2) is 0 Å². The van der Waals surface area contributed by atoms with E-state index in [0.29, 0.717) is 40.7 Å². The molecule has 3 N–H and O–H groups in total. The number of carbonyl (C=O) groups excluding carboxylic acids is 1. The Balaban J connectivity index is -0.000000281. The zero-order chi connectivity index (χ0) is 111. The van der Waals surface area contributed by atoms with Gasteiger partial charge in [-0.05, 0) is 397 Å². The molecule has 0 spiro atoms. The molecule has 15 heteroatoms. The number of ether oxygens (including phenoxy) is 2. The molecule has 15 nitrogen and oxygen atoms in total. The second-order valence-electron chi connectivity index (χ2n) is 50.3. The number of hydrogen-bond donors (Lipinski definition) is 3. The SMILES string of the molecule is CC.CC(C)CN(C(C)C)C(C)(C)C.CC(C)N(Cc1ccccc1)C(C)(C)C.CCCC(=O)c1ccc(CNC(C)(C)C)cc1.CCCCN(CC)C(C)(C)C.CCCCNC(C)(C)C.CCCN(C)C(C)(C)C.CCN(CCN(C)CCOC)C(C)(C)C.CCN(Cc1ccccc1)C(C)(C)C.COCCN(C)C(C)(C)C.Cc1ccc(CN(C)C(C)(C)C)cc1.Cc1ccc(CNC(C)(C)C)cc1. The summed E-state index contributed by atoms with van der Waals surface area (Å²) in [5.74, 6) is 0.995. The summed E-state index contributed by atoms with van der Waals surface area (Å²) in [6.45, 7) is 130. The first kappa shape index (κ1) is 149. The fourth-order valence-electron chi connectivity index (χ4n) is 13.9. The minimum absolute atomic E-state index is 0.122. The maximum atomic E-state index is 11.7. The van der Waals surface area contributed by atoms with Crippen molar-refractivity contribution in [2.24, 2.45) is 5.92 Å². The predicted octanol–water partition coefficient (Wildman–Crippen LogP) is 31.1.